The predicted molar refractivity (Wildman–Crippen MR) is 152 cm³/mol. The zero-order valence-electron chi connectivity index (χ0n) is 21.0. The number of hydrogen-bond acceptors (Lipinski definition) is 3. The maximum atomic E-state index is 12.2. The minimum absolute atomic E-state index is 0. The largest absolute Gasteiger partial charge is 0.356 e. The average molecular weight is 578 g/mol. The van der Waals surface area contributed by atoms with Crippen LogP contribution in [0.1, 0.15) is 46.8 Å². The predicted octanol–water partition coefficient (Wildman–Crippen LogP) is 4.15. The average Bonchev–Trinajstić information content (AvgIpc) is 2.81. The van der Waals surface area contributed by atoms with Gasteiger partial charge in [0, 0.05) is 52.9 Å². The molecular weight excluding hydrogens is 537 g/mol. The van der Waals surface area contributed by atoms with Gasteiger partial charge in [0.25, 0.3) is 5.91 Å². The van der Waals surface area contributed by atoms with E-state index in [2.05, 4.69) is 57.8 Å². The Kier molecular flexibility index (Phi) is 11.8. The molecule has 1 aliphatic rings. The van der Waals surface area contributed by atoms with Crippen molar-refractivity contribution in [3.8, 4) is 0 Å². The summed E-state index contributed by atoms with van der Waals surface area (Å²) in [7, 11) is 5.35. The van der Waals surface area contributed by atoms with Crippen LogP contribution in [0.3, 0.4) is 0 Å². The first-order chi connectivity index (χ1) is 16.0. The standard InChI is InChI=1S/C27H39N5O.HI/c1-21-9-8-16-32(19-21)20-25-12-6-5-11-24(25)18-30-27(28-2)29-15-14-22-10-7-13-23(17-22)26(33)31(3)4;/h5-7,10-13,17,21H,8-9,14-16,18-20H2,1-4H3,(H2,28,29,30);1H. The molecule has 2 aromatic carbocycles. The van der Waals surface area contributed by atoms with Crippen molar-refractivity contribution in [1.29, 1.82) is 0 Å². The maximum Gasteiger partial charge on any atom is 0.253 e. The Balaban J connectivity index is 0.00000408. The smallest absolute Gasteiger partial charge is 0.253 e. The molecule has 0 radical (unpaired) electrons. The van der Waals surface area contributed by atoms with Crippen molar-refractivity contribution >= 4 is 35.8 Å². The van der Waals surface area contributed by atoms with Gasteiger partial charge >= 0.3 is 0 Å². The van der Waals surface area contributed by atoms with E-state index in [1.807, 2.05) is 18.2 Å². The van der Waals surface area contributed by atoms with Crippen LogP contribution in [0.2, 0.25) is 0 Å². The van der Waals surface area contributed by atoms with E-state index in [1.54, 1.807) is 26.0 Å². The molecule has 2 N–H and O–H groups in total. The van der Waals surface area contributed by atoms with Crippen molar-refractivity contribution in [1.82, 2.24) is 20.4 Å². The Hall–Kier alpha value is -2.13. The van der Waals surface area contributed by atoms with Crippen molar-refractivity contribution < 1.29 is 4.79 Å². The summed E-state index contributed by atoms with van der Waals surface area (Å²) in [6.45, 7) is 7.23. The van der Waals surface area contributed by atoms with E-state index in [0.717, 1.165) is 49.1 Å². The Morgan fingerprint density at radius 2 is 1.88 bits per heavy atom. The molecule has 186 valence electrons. The number of halogens is 1. The second-order valence-electron chi connectivity index (χ2n) is 9.25. The number of nitrogens with one attached hydrogen (secondary N) is 2. The molecule has 7 heteroatoms. The number of amides is 1. The highest BCUT2D eigenvalue weighted by Gasteiger charge is 2.17. The lowest BCUT2D eigenvalue weighted by molar-refractivity contribution is 0.0827. The van der Waals surface area contributed by atoms with E-state index < -0.39 is 0 Å². The highest BCUT2D eigenvalue weighted by atomic mass is 127. The van der Waals surface area contributed by atoms with Gasteiger partial charge in [-0.15, -0.1) is 24.0 Å². The van der Waals surface area contributed by atoms with Crippen molar-refractivity contribution in [3.05, 3.63) is 70.8 Å². The van der Waals surface area contributed by atoms with Gasteiger partial charge in [0.1, 0.15) is 0 Å². The number of piperidine rings is 1. The number of likely N-dealkylation sites (tertiary alicyclic amines) is 1. The van der Waals surface area contributed by atoms with E-state index in [9.17, 15) is 4.79 Å². The fourth-order valence-corrected chi connectivity index (χ4v) is 4.40. The van der Waals surface area contributed by atoms with Gasteiger partial charge in [-0.25, -0.2) is 0 Å². The van der Waals surface area contributed by atoms with E-state index in [1.165, 1.54) is 37.1 Å². The maximum absolute atomic E-state index is 12.2. The minimum atomic E-state index is 0. The van der Waals surface area contributed by atoms with Crippen LogP contribution in [0.5, 0.6) is 0 Å². The van der Waals surface area contributed by atoms with Crippen molar-refractivity contribution in [2.45, 2.75) is 39.3 Å². The highest BCUT2D eigenvalue weighted by Crippen LogP contribution is 2.19. The summed E-state index contributed by atoms with van der Waals surface area (Å²) in [5, 5.41) is 6.86. The quantitative estimate of drug-likeness (QED) is 0.281. The molecule has 0 saturated carbocycles. The summed E-state index contributed by atoms with van der Waals surface area (Å²) in [5.74, 6) is 1.60. The Morgan fingerprint density at radius 1 is 1.12 bits per heavy atom. The van der Waals surface area contributed by atoms with Crippen molar-refractivity contribution in [2.24, 2.45) is 10.9 Å². The number of nitrogens with zero attached hydrogens (tertiary/aromatic N) is 3. The number of benzene rings is 2. The molecule has 0 aliphatic carbocycles. The lowest BCUT2D eigenvalue weighted by Gasteiger charge is -2.31. The van der Waals surface area contributed by atoms with Crippen LogP contribution in [-0.2, 0) is 19.5 Å². The lowest BCUT2D eigenvalue weighted by atomic mass is 9.99. The van der Waals surface area contributed by atoms with Crippen LogP contribution in [-0.4, -0.2) is 62.4 Å². The molecule has 1 heterocycles. The third-order valence-electron chi connectivity index (χ3n) is 6.21. The Bertz CT molecular complexity index is 946. The molecule has 1 saturated heterocycles. The molecule has 0 spiro atoms. The van der Waals surface area contributed by atoms with Gasteiger partial charge in [-0.05, 0) is 60.5 Å². The zero-order valence-corrected chi connectivity index (χ0v) is 23.3. The van der Waals surface area contributed by atoms with E-state index in [0.29, 0.717) is 0 Å². The van der Waals surface area contributed by atoms with Crippen LogP contribution in [0, 0.1) is 5.92 Å². The molecule has 1 fully saturated rings. The summed E-state index contributed by atoms with van der Waals surface area (Å²) in [6, 6.07) is 16.5. The van der Waals surface area contributed by atoms with E-state index in [4.69, 9.17) is 0 Å². The Morgan fingerprint density at radius 3 is 2.59 bits per heavy atom. The van der Waals surface area contributed by atoms with Crippen LogP contribution in [0.25, 0.3) is 0 Å². The lowest BCUT2D eigenvalue weighted by Crippen LogP contribution is -2.38. The normalized spacial score (nSPS) is 16.5. The second kappa shape index (κ2) is 14.3. The van der Waals surface area contributed by atoms with Crippen molar-refractivity contribution in [2.75, 3.05) is 40.8 Å². The molecule has 0 aromatic heterocycles. The topological polar surface area (TPSA) is 60.0 Å². The summed E-state index contributed by atoms with van der Waals surface area (Å²) < 4.78 is 0. The first-order valence-corrected chi connectivity index (χ1v) is 12.0. The second-order valence-corrected chi connectivity index (χ2v) is 9.25. The first kappa shape index (κ1) is 28.1. The summed E-state index contributed by atoms with van der Waals surface area (Å²) in [5.41, 5.74) is 4.55. The summed E-state index contributed by atoms with van der Waals surface area (Å²) in [6.07, 6.45) is 3.46. The molecule has 34 heavy (non-hydrogen) atoms. The molecule has 1 aliphatic heterocycles. The number of rotatable bonds is 8. The summed E-state index contributed by atoms with van der Waals surface area (Å²) in [4.78, 5) is 20.8. The van der Waals surface area contributed by atoms with Gasteiger partial charge in [0.15, 0.2) is 5.96 Å². The molecule has 1 atom stereocenters. The number of guanidine groups is 1. The van der Waals surface area contributed by atoms with E-state index >= 15 is 0 Å². The van der Waals surface area contributed by atoms with Gasteiger partial charge in [0.05, 0.1) is 0 Å². The molecule has 6 nitrogen and oxygen atoms in total. The molecular formula is C27H40IN5O. The SMILES string of the molecule is CN=C(NCCc1cccc(C(=O)N(C)C)c1)NCc1ccccc1CN1CCCC(C)C1.I. The fraction of sp³-hybridized carbons (Fsp3) is 0.481. The third kappa shape index (κ3) is 8.58. The number of aliphatic imine (C=N–C) groups is 1. The number of carbonyl (C=O) groups is 1. The molecule has 3 rings (SSSR count). The summed E-state index contributed by atoms with van der Waals surface area (Å²) >= 11 is 0. The highest BCUT2D eigenvalue weighted by molar-refractivity contribution is 14.0. The van der Waals surface area contributed by atoms with Gasteiger partial charge in [-0.3, -0.25) is 14.7 Å². The molecule has 0 bridgehead atoms. The molecule has 1 amide bonds. The van der Waals surface area contributed by atoms with Gasteiger partial charge in [0.2, 0.25) is 0 Å². The van der Waals surface area contributed by atoms with Gasteiger partial charge in [-0.2, -0.15) is 0 Å². The molecule has 2 aromatic rings. The first-order valence-electron chi connectivity index (χ1n) is 12.0. The van der Waals surface area contributed by atoms with Crippen molar-refractivity contribution in [3.63, 3.8) is 0 Å². The van der Waals surface area contributed by atoms with Crippen LogP contribution in [0.15, 0.2) is 53.5 Å². The van der Waals surface area contributed by atoms with E-state index in [-0.39, 0.29) is 29.9 Å². The number of hydrogen-bond donors (Lipinski definition) is 2. The monoisotopic (exact) mass is 577 g/mol. The molecule has 1 unspecified atom stereocenters. The Labute approximate surface area is 222 Å². The zero-order chi connectivity index (χ0) is 23.6. The van der Waals surface area contributed by atoms with Gasteiger partial charge in [-0.1, -0.05) is 43.3 Å². The number of carbonyl (C=O) groups excluding carboxylic acids is 1. The minimum Gasteiger partial charge on any atom is -0.356 e. The fourth-order valence-electron chi connectivity index (χ4n) is 4.40. The third-order valence-corrected chi connectivity index (χ3v) is 6.21. The van der Waals surface area contributed by atoms with Gasteiger partial charge < -0.3 is 15.5 Å². The van der Waals surface area contributed by atoms with Crippen LogP contribution in [0.4, 0.5) is 0 Å². The van der Waals surface area contributed by atoms with Crippen LogP contribution >= 0.6 is 24.0 Å². The van der Waals surface area contributed by atoms with Crippen LogP contribution < -0.4 is 10.6 Å².